The SMILES string of the molecule is CCCO[C@]1(NS(=O)(=O)c2ccccc2)C(Cl)=C(Cl)C(=O)c2ccccc21. The highest BCUT2D eigenvalue weighted by atomic mass is 35.5. The molecule has 1 aliphatic carbocycles. The van der Waals surface area contributed by atoms with Crippen LogP contribution in [0.15, 0.2) is 69.6 Å². The molecule has 0 fully saturated rings. The van der Waals surface area contributed by atoms with Crippen molar-refractivity contribution in [2.75, 3.05) is 6.61 Å². The second-order valence-corrected chi connectivity index (χ2v) is 8.39. The number of Topliss-reactive ketones (excluding diaryl/α,β-unsaturated/α-hetero) is 1. The molecule has 0 amide bonds. The van der Waals surface area contributed by atoms with Crippen LogP contribution in [0.25, 0.3) is 0 Å². The molecule has 2 aromatic carbocycles. The summed E-state index contributed by atoms with van der Waals surface area (Å²) in [5, 5.41) is -0.483. The molecule has 1 N–H and O–H groups in total. The van der Waals surface area contributed by atoms with Gasteiger partial charge in [0.15, 0.2) is 5.72 Å². The van der Waals surface area contributed by atoms with Crippen LogP contribution in [0.5, 0.6) is 0 Å². The number of fused-ring (bicyclic) bond motifs is 1. The second kappa shape index (κ2) is 7.73. The Morgan fingerprint density at radius 3 is 2.33 bits per heavy atom. The van der Waals surface area contributed by atoms with E-state index in [1.165, 1.54) is 12.1 Å². The Morgan fingerprint density at radius 1 is 1.04 bits per heavy atom. The van der Waals surface area contributed by atoms with E-state index in [1.54, 1.807) is 42.5 Å². The number of ether oxygens (including phenoxy) is 1. The fourth-order valence-corrected chi connectivity index (χ4v) is 4.72. The van der Waals surface area contributed by atoms with Gasteiger partial charge in [-0.25, -0.2) is 8.42 Å². The van der Waals surface area contributed by atoms with Gasteiger partial charge in [-0.15, -0.1) is 0 Å². The van der Waals surface area contributed by atoms with Gasteiger partial charge < -0.3 is 4.74 Å². The summed E-state index contributed by atoms with van der Waals surface area (Å²) in [6.07, 6.45) is 0.604. The molecule has 5 nitrogen and oxygen atoms in total. The molecule has 1 aliphatic rings. The van der Waals surface area contributed by atoms with E-state index in [4.69, 9.17) is 27.9 Å². The van der Waals surface area contributed by atoms with E-state index >= 15 is 0 Å². The molecule has 0 aliphatic heterocycles. The molecule has 3 rings (SSSR count). The van der Waals surface area contributed by atoms with Crippen LogP contribution in [-0.4, -0.2) is 20.8 Å². The number of halogens is 2. The normalized spacial score (nSPS) is 19.9. The quantitative estimate of drug-likeness (QED) is 0.706. The molecular weight excluding hydrogens is 409 g/mol. The zero-order valence-electron chi connectivity index (χ0n) is 14.4. The number of carbonyl (C=O) groups excluding carboxylic acids is 1. The number of hydrogen-bond donors (Lipinski definition) is 1. The second-order valence-electron chi connectivity index (χ2n) is 5.95. The van der Waals surface area contributed by atoms with Gasteiger partial charge in [0.25, 0.3) is 0 Å². The third-order valence-electron chi connectivity index (χ3n) is 4.11. The van der Waals surface area contributed by atoms with Gasteiger partial charge in [0.05, 0.1) is 9.93 Å². The maximum absolute atomic E-state index is 13.0. The Hall–Kier alpha value is -1.70. The monoisotopic (exact) mass is 425 g/mol. The molecular formula is C19H17Cl2NO4S. The van der Waals surface area contributed by atoms with Gasteiger partial charge in [-0.05, 0) is 18.6 Å². The van der Waals surface area contributed by atoms with Crippen molar-refractivity contribution in [2.45, 2.75) is 24.0 Å². The first-order valence-electron chi connectivity index (χ1n) is 8.26. The topological polar surface area (TPSA) is 72.5 Å². The summed E-state index contributed by atoms with van der Waals surface area (Å²) >= 11 is 12.6. The lowest BCUT2D eigenvalue weighted by Crippen LogP contribution is -2.51. The molecule has 2 aromatic rings. The van der Waals surface area contributed by atoms with Crippen LogP contribution in [0.3, 0.4) is 0 Å². The highest BCUT2D eigenvalue weighted by molar-refractivity contribution is 7.89. The van der Waals surface area contributed by atoms with Crippen molar-refractivity contribution in [3.8, 4) is 0 Å². The Kier molecular flexibility index (Phi) is 5.74. The van der Waals surface area contributed by atoms with Gasteiger partial charge in [0.2, 0.25) is 15.8 Å². The van der Waals surface area contributed by atoms with Gasteiger partial charge >= 0.3 is 0 Å². The summed E-state index contributed by atoms with van der Waals surface area (Å²) in [6.45, 7) is 2.07. The van der Waals surface area contributed by atoms with Crippen LogP contribution in [0.1, 0.15) is 29.3 Å². The fraction of sp³-hybridized carbons (Fsp3) is 0.211. The number of rotatable bonds is 6. The van der Waals surface area contributed by atoms with Gasteiger partial charge in [0, 0.05) is 17.7 Å². The van der Waals surface area contributed by atoms with Crippen molar-refractivity contribution in [3.63, 3.8) is 0 Å². The van der Waals surface area contributed by atoms with E-state index < -0.39 is 21.5 Å². The minimum absolute atomic E-state index is 0.0412. The number of allylic oxidation sites excluding steroid dienone is 1. The Labute approximate surface area is 168 Å². The van der Waals surface area contributed by atoms with Gasteiger partial charge in [0.1, 0.15) is 5.03 Å². The molecule has 0 unspecified atom stereocenters. The van der Waals surface area contributed by atoms with Crippen LogP contribution in [-0.2, 0) is 20.5 Å². The average Bonchev–Trinajstić information content (AvgIpc) is 2.69. The lowest BCUT2D eigenvalue weighted by atomic mass is 9.89. The van der Waals surface area contributed by atoms with Crippen LogP contribution in [0.4, 0.5) is 0 Å². The van der Waals surface area contributed by atoms with Crippen LogP contribution >= 0.6 is 23.2 Å². The Bertz CT molecular complexity index is 1010. The average molecular weight is 426 g/mol. The van der Waals surface area contributed by atoms with Crippen molar-refractivity contribution in [2.24, 2.45) is 0 Å². The van der Waals surface area contributed by atoms with Crippen molar-refractivity contribution in [1.82, 2.24) is 4.72 Å². The van der Waals surface area contributed by atoms with E-state index in [9.17, 15) is 13.2 Å². The molecule has 0 saturated carbocycles. The number of sulfonamides is 1. The van der Waals surface area contributed by atoms with Crippen molar-refractivity contribution < 1.29 is 17.9 Å². The smallest absolute Gasteiger partial charge is 0.243 e. The van der Waals surface area contributed by atoms with Crippen LogP contribution in [0.2, 0.25) is 0 Å². The maximum atomic E-state index is 13.0. The molecule has 27 heavy (non-hydrogen) atoms. The number of carbonyl (C=O) groups is 1. The number of ketones is 1. The molecule has 0 spiro atoms. The lowest BCUT2D eigenvalue weighted by Gasteiger charge is -2.38. The van der Waals surface area contributed by atoms with Crippen molar-refractivity contribution in [3.05, 3.63) is 75.8 Å². The zero-order valence-corrected chi connectivity index (χ0v) is 16.7. The maximum Gasteiger partial charge on any atom is 0.243 e. The van der Waals surface area contributed by atoms with Gasteiger partial charge in [-0.3, -0.25) is 4.79 Å². The summed E-state index contributed by atoms with van der Waals surface area (Å²) in [5.41, 5.74) is -1.25. The molecule has 142 valence electrons. The number of hydrogen-bond acceptors (Lipinski definition) is 4. The summed E-state index contributed by atoms with van der Waals surface area (Å²) in [4.78, 5) is 12.6. The first-order chi connectivity index (χ1) is 12.8. The van der Waals surface area contributed by atoms with E-state index in [-0.39, 0.29) is 27.1 Å². The Morgan fingerprint density at radius 2 is 1.67 bits per heavy atom. The van der Waals surface area contributed by atoms with Gasteiger partial charge in [-0.2, -0.15) is 4.72 Å². The third-order valence-corrected chi connectivity index (χ3v) is 6.47. The summed E-state index contributed by atoms with van der Waals surface area (Å²) in [5.74, 6) is -0.480. The molecule has 0 bridgehead atoms. The standard InChI is InChI=1S/C19H17Cl2NO4S/c1-2-12-26-19(22-27(24,25)13-8-4-3-5-9-13)15-11-7-6-10-14(15)17(23)16(20)18(19)21/h3-11,22H,2,12H2,1H3/t19-/m0/s1. The predicted octanol–water partition coefficient (Wildman–Crippen LogP) is 4.13. The summed E-state index contributed by atoms with van der Waals surface area (Å²) < 4.78 is 34.5. The lowest BCUT2D eigenvalue weighted by molar-refractivity contribution is -0.0264. The number of benzene rings is 2. The van der Waals surface area contributed by atoms with E-state index in [0.29, 0.717) is 12.0 Å². The molecule has 0 saturated heterocycles. The van der Waals surface area contributed by atoms with E-state index in [0.717, 1.165) is 0 Å². The molecule has 0 aromatic heterocycles. The van der Waals surface area contributed by atoms with Gasteiger partial charge in [-0.1, -0.05) is 72.6 Å². The van der Waals surface area contributed by atoms with Crippen molar-refractivity contribution in [1.29, 1.82) is 0 Å². The summed E-state index contributed by atoms with van der Waals surface area (Å²) in [7, 11) is -4.03. The third kappa shape index (κ3) is 3.56. The zero-order chi connectivity index (χ0) is 19.7. The minimum Gasteiger partial charge on any atom is -0.350 e. The Balaban J connectivity index is 2.22. The minimum atomic E-state index is -4.03. The largest absolute Gasteiger partial charge is 0.350 e. The fourth-order valence-electron chi connectivity index (χ4n) is 2.85. The first-order valence-corrected chi connectivity index (χ1v) is 10.5. The first kappa shape index (κ1) is 20.0. The molecule has 1 atom stereocenters. The van der Waals surface area contributed by atoms with Crippen LogP contribution in [0, 0.1) is 0 Å². The molecule has 0 radical (unpaired) electrons. The van der Waals surface area contributed by atoms with E-state index in [1.807, 2.05) is 6.92 Å². The predicted molar refractivity (Wildman–Crippen MR) is 104 cm³/mol. The van der Waals surface area contributed by atoms with Crippen LogP contribution < -0.4 is 4.72 Å². The van der Waals surface area contributed by atoms with E-state index in [2.05, 4.69) is 4.72 Å². The molecule has 8 heteroatoms. The summed E-state index contributed by atoms with van der Waals surface area (Å²) in [6, 6.07) is 14.3. The van der Waals surface area contributed by atoms with Crippen molar-refractivity contribution >= 4 is 39.0 Å². The highest BCUT2D eigenvalue weighted by Crippen LogP contribution is 2.44. The number of nitrogens with one attached hydrogen (secondary N) is 1. The highest BCUT2D eigenvalue weighted by Gasteiger charge is 2.48. The molecule has 0 heterocycles.